The van der Waals surface area contributed by atoms with Crippen molar-refractivity contribution in [2.24, 2.45) is 0 Å². The first-order valence-electron chi connectivity index (χ1n) is 0.698. The van der Waals surface area contributed by atoms with E-state index < -0.39 is 10.4 Å². The van der Waals surface area contributed by atoms with Gasteiger partial charge in [-0.2, -0.15) is 8.42 Å². The van der Waals surface area contributed by atoms with Gasteiger partial charge < -0.3 is 12.4 Å². The summed E-state index contributed by atoms with van der Waals surface area (Å²) in [5.74, 6) is 0. The molecule has 0 spiro atoms. The maximum Gasteiger partial charge on any atom is 1.00 e. The number of halogens is 1. The van der Waals surface area contributed by atoms with Gasteiger partial charge in [-0.05, 0) is 0 Å². The first-order valence-corrected chi connectivity index (χ1v) is 2.10. The molecular formula is H2ClFeNaO4S. The monoisotopic (exact) mass is 212 g/mol. The second-order valence-corrected chi connectivity index (χ2v) is 1.34. The third-order valence-corrected chi connectivity index (χ3v) is 0. The van der Waals surface area contributed by atoms with E-state index in [1.54, 1.807) is 0 Å². The predicted molar refractivity (Wildman–Crippen MR) is 14.2 cm³/mol. The van der Waals surface area contributed by atoms with Gasteiger partial charge in [0.1, 0.15) is 0 Å². The third-order valence-electron chi connectivity index (χ3n) is 0. The Morgan fingerprint density at radius 2 is 1.12 bits per heavy atom. The summed E-state index contributed by atoms with van der Waals surface area (Å²) in [4.78, 5) is 0. The van der Waals surface area contributed by atoms with Crippen LogP contribution in [0.15, 0.2) is 0 Å². The van der Waals surface area contributed by atoms with E-state index >= 15 is 0 Å². The van der Waals surface area contributed by atoms with Crippen LogP contribution < -0.4 is 42.0 Å². The van der Waals surface area contributed by atoms with E-state index in [0.29, 0.717) is 0 Å². The Hall–Kier alpha value is 1.68. The van der Waals surface area contributed by atoms with Crippen LogP contribution in [0.4, 0.5) is 0 Å². The summed E-state index contributed by atoms with van der Waals surface area (Å²) in [5, 5.41) is 0. The summed E-state index contributed by atoms with van der Waals surface area (Å²) < 4.78 is 31.6. The topological polar surface area (TPSA) is 74.6 Å². The van der Waals surface area contributed by atoms with Crippen LogP contribution >= 0.6 is 0 Å². The van der Waals surface area contributed by atoms with Crippen molar-refractivity contribution in [2.75, 3.05) is 0 Å². The Kier molecular flexibility index (Phi) is 24.5. The Bertz CT molecular complexity index is 99.2. The molecule has 0 saturated carbocycles. The molecule has 0 aliphatic heterocycles. The molecule has 0 heterocycles. The van der Waals surface area contributed by atoms with Gasteiger partial charge in [-0.15, -0.1) is 0 Å². The second kappa shape index (κ2) is 8.68. The van der Waals surface area contributed by atoms with Crippen LogP contribution in [-0.4, -0.2) is 17.5 Å². The number of rotatable bonds is 0. The van der Waals surface area contributed by atoms with Gasteiger partial charge in [-0.3, -0.25) is 9.11 Å². The fraction of sp³-hybridized carbons (Fsp3) is 0. The molecule has 0 saturated heterocycles. The van der Waals surface area contributed by atoms with Gasteiger partial charge in [0, 0.05) is 17.1 Å². The van der Waals surface area contributed by atoms with Crippen LogP contribution in [0.2, 0.25) is 0 Å². The van der Waals surface area contributed by atoms with Gasteiger partial charge in [0.15, 0.2) is 0 Å². The summed E-state index contributed by atoms with van der Waals surface area (Å²) >= 11 is 0. The van der Waals surface area contributed by atoms with Crippen LogP contribution in [0.3, 0.4) is 0 Å². The fourth-order valence-electron chi connectivity index (χ4n) is 0. The Labute approximate surface area is 86.2 Å². The van der Waals surface area contributed by atoms with E-state index in [-0.39, 0.29) is 59.0 Å². The molecule has 0 unspecified atom stereocenters. The molecule has 0 atom stereocenters. The zero-order valence-corrected chi connectivity index (χ0v) is 8.53. The van der Waals surface area contributed by atoms with Gasteiger partial charge in [0.25, 0.3) is 0 Å². The van der Waals surface area contributed by atoms with E-state index in [0.717, 1.165) is 0 Å². The molecule has 0 rings (SSSR count). The van der Waals surface area contributed by atoms with E-state index in [2.05, 4.69) is 0 Å². The molecule has 0 bridgehead atoms. The van der Waals surface area contributed by atoms with Crippen molar-refractivity contribution in [1.29, 1.82) is 0 Å². The molecule has 0 amide bonds. The molecule has 8 heavy (non-hydrogen) atoms. The molecule has 0 aromatic carbocycles. The SMILES string of the molecule is O=S(=O)(O)O.[Cl-].[Fe].[Na+]. The van der Waals surface area contributed by atoms with Crippen molar-refractivity contribution in [3.63, 3.8) is 0 Å². The van der Waals surface area contributed by atoms with Gasteiger partial charge in [-0.25, -0.2) is 0 Å². The van der Waals surface area contributed by atoms with E-state index in [1.165, 1.54) is 0 Å². The van der Waals surface area contributed by atoms with Crippen molar-refractivity contribution >= 4 is 10.4 Å². The largest absolute Gasteiger partial charge is 1.00 e. The molecule has 0 aliphatic carbocycles. The van der Waals surface area contributed by atoms with Crippen LogP contribution in [-0.2, 0) is 27.5 Å². The predicted octanol–water partition coefficient (Wildman–Crippen LogP) is -6.65. The number of hydrogen-bond donors (Lipinski definition) is 2. The molecule has 0 aliphatic rings. The average Bonchev–Trinajstić information content (AvgIpc) is 0.722. The first-order chi connectivity index (χ1) is 2.00. The quantitative estimate of drug-likeness (QED) is 0.309. The smallest absolute Gasteiger partial charge is 1.00 e. The number of hydrogen-bond acceptors (Lipinski definition) is 2. The van der Waals surface area contributed by atoms with E-state index in [9.17, 15) is 0 Å². The molecule has 8 heteroatoms. The van der Waals surface area contributed by atoms with Crippen LogP contribution in [0, 0.1) is 0 Å². The fourth-order valence-corrected chi connectivity index (χ4v) is 0. The minimum atomic E-state index is -4.67. The van der Waals surface area contributed by atoms with Crippen molar-refractivity contribution in [3.8, 4) is 0 Å². The Morgan fingerprint density at radius 1 is 1.12 bits per heavy atom. The molecule has 2 N–H and O–H groups in total. The molecular weight excluding hydrogens is 210 g/mol. The first kappa shape index (κ1) is 22.6. The molecule has 0 aromatic heterocycles. The summed E-state index contributed by atoms with van der Waals surface area (Å²) in [5.41, 5.74) is 0. The molecule has 0 radical (unpaired) electrons. The van der Waals surface area contributed by atoms with Crippen molar-refractivity contribution in [2.45, 2.75) is 0 Å². The molecule has 0 aromatic rings. The summed E-state index contributed by atoms with van der Waals surface area (Å²) in [6.07, 6.45) is 0. The van der Waals surface area contributed by atoms with Gasteiger partial charge >= 0.3 is 40.0 Å². The van der Waals surface area contributed by atoms with E-state index in [1.807, 2.05) is 0 Å². The average molecular weight is 212 g/mol. The van der Waals surface area contributed by atoms with E-state index in [4.69, 9.17) is 17.5 Å². The minimum Gasteiger partial charge on any atom is -1.00 e. The van der Waals surface area contributed by atoms with Crippen LogP contribution in [0.1, 0.15) is 0 Å². The van der Waals surface area contributed by atoms with Gasteiger partial charge in [0.05, 0.1) is 0 Å². The van der Waals surface area contributed by atoms with Crippen molar-refractivity contribution < 1.29 is 76.6 Å². The maximum atomic E-state index is 8.74. The van der Waals surface area contributed by atoms with Crippen molar-refractivity contribution in [1.82, 2.24) is 0 Å². The summed E-state index contributed by atoms with van der Waals surface area (Å²) in [6, 6.07) is 0. The maximum absolute atomic E-state index is 8.74. The Morgan fingerprint density at radius 3 is 1.12 bits per heavy atom. The Balaban J connectivity index is -0.0000000267. The standard InChI is InChI=1S/ClH.Fe.Na.H2O4S/c;;;1-5(2,3)4/h1H;;;(H2,1,2,3,4)/q;;+1;/p-1. The van der Waals surface area contributed by atoms with Crippen molar-refractivity contribution in [3.05, 3.63) is 0 Å². The minimum absolute atomic E-state index is 0. The van der Waals surface area contributed by atoms with Crippen LogP contribution in [0.25, 0.3) is 0 Å². The zero-order valence-electron chi connectivity index (χ0n) is 3.85. The normalized spacial score (nSPS) is 7.25. The third kappa shape index (κ3) is 121. The van der Waals surface area contributed by atoms with Gasteiger partial charge in [-0.1, -0.05) is 0 Å². The molecule has 48 valence electrons. The molecule has 0 fully saturated rings. The summed E-state index contributed by atoms with van der Waals surface area (Å²) in [6.45, 7) is 0. The van der Waals surface area contributed by atoms with Crippen LogP contribution in [0.5, 0.6) is 0 Å². The zero-order chi connectivity index (χ0) is 4.50. The second-order valence-electron chi connectivity index (χ2n) is 0.448. The summed E-state index contributed by atoms with van der Waals surface area (Å²) in [7, 11) is -4.67. The molecule has 4 nitrogen and oxygen atoms in total. The van der Waals surface area contributed by atoms with Gasteiger partial charge in [0.2, 0.25) is 0 Å².